The number of halogens is 1. The van der Waals surface area contributed by atoms with E-state index in [1.54, 1.807) is 11.6 Å². The van der Waals surface area contributed by atoms with E-state index in [0.29, 0.717) is 11.4 Å². The van der Waals surface area contributed by atoms with Crippen molar-refractivity contribution in [1.82, 2.24) is 14.7 Å². The number of sulfone groups is 1. The number of ether oxygens (including phenoxy) is 1. The highest BCUT2D eigenvalue weighted by Crippen LogP contribution is 2.22. The van der Waals surface area contributed by atoms with Crippen LogP contribution in [0.15, 0.2) is 11.6 Å². The number of aromatic nitrogens is 2. The number of rotatable bonds is 4. The van der Waals surface area contributed by atoms with E-state index in [-0.39, 0.29) is 22.4 Å². The van der Waals surface area contributed by atoms with Gasteiger partial charge in [0.1, 0.15) is 0 Å². The summed E-state index contributed by atoms with van der Waals surface area (Å²) in [6.45, 7) is 1.41. The van der Waals surface area contributed by atoms with Crippen LogP contribution >= 0.6 is 22.9 Å². The van der Waals surface area contributed by atoms with Crippen LogP contribution in [0.2, 0.25) is 5.15 Å². The van der Waals surface area contributed by atoms with Crippen LogP contribution in [-0.2, 0) is 19.4 Å². The van der Waals surface area contributed by atoms with E-state index in [1.807, 2.05) is 0 Å². The first-order valence-corrected chi connectivity index (χ1v) is 10.2. The number of nitrogens with zero attached hydrogens (tertiary/aromatic N) is 2. The lowest BCUT2D eigenvalue weighted by Gasteiger charge is -2.16. The van der Waals surface area contributed by atoms with E-state index in [9.17, 15) is 18.0 Å². The molecule has 8 nitrogen and oxygen atoms in total. The summed E-state index contributed by atoms with van der Waals surface area (Å²) in [6.07, 6.45) is 0.906. The summed E-state index contributed by atoms with van der Waals surface area (Å²) in [4.78, 5) is 28.9. The van der Waals surface area contributed by atoms with Gasteiger partial charge in [-0.25, -0.2) is 18.2 Å². The SMILES string of the molecule is C[C@H](OC(=O)c1c(Cl)nc2sccn12)C(=O)N[C@H]1CCS(=O)(=O)C1. The zero-order valence-corrected chi connectivity index (χ0v) is 14.9. The van der Waals surface area contributed by atoms with E-state index in [0.717, 1.165) is 0 Å². The third kappa shape index (κ3) is 3.40. The Labute approximate surface area is 146 Å². The monoisotopic (exact) mass is 391 g/mol. The summed E-state index contributed by atoms with van der Waals surface area (Å²) < 4.78 is 29.4. The third-order valence-electron chi connectivity index (χ3n) is 3.64. The molecule has 0 aliphatic carbocycles. The van der Waals surface area contributed by atoms with Gasteiger partial charge in [0.05, 0.1) is 11.5 Å². The Kier molecular flexibility index (Phi) is 4.54. The maximum Gasteiger partial charge on any atom is 0.359 e. The quantitative estimate of drug-likeness (QED) is 0.776. The number of carbonyl (C=O) groups excluding carboxylic acids is 2. The maximum atomic E-state index is 12.3. The maximum absolute atomic E-state index is 12.3. The fourth-order valence-electron chi connectivity index (χ4n) is 2.44. The van der Waals surface area contributed by atoms with Crippen LogP contribution in [0.5, 0.6) is 0 Å². The Morgan fingerprint density at radius 1 is 1.54 bits per heavy atom. The topological polar surface area (TPSA) is 107 Å². The molecule has 1 fully saturated rings. The van der Waals surface area contributed by atoms with Gasteiger partial charge in [0.2, 0.25) is 0 Å². The molecule has 1 aliphatic heterocycles. The molecule has 2 atom stereocenters. The summed E-state index contributed by atoms with van der Waals surface area (Å²) in [6, 6.07) is -0.453. The molecule has 1 saturated heterocycles. The summed E-state index contributed by atoms with van der Waals surface area (Å²) in [7, 11) is -3.10. The molecule has 0 spiro atoms. The van der Waals surface area contributed by atoms with E-state index in [2.05, 4.69) is 10.3 Å². The molecule has 11 heteroatoms. The van der Waals surface area contributed by atoms with Gasteiger partial charge in [0.15, 0.2) is 31.7 Å². The van der Waals surface area contributed by atoms with Gasteiger partial charge in [-0.1, -0.05) is 11.6 Å². The van der Waals surface area contributed by atoms with Gasteiger partial charge in [-0.3, -0.25) is 9.20 Å². The summed E-state index contributed by atoms with van der Waals surface area (Å²) in [5.41, 5.74) is 0.0519. The van der Waals surface area contributed by atoms with E-state index in [4.69, 9.17) is 16.3 Å². The van der Waals surface area contributed by atoms with Gasteiger partial charge in [0, 0.05) is 17.6 Å². The van der Waals surface area contributed by atoms with Gasteiger partial charge in [-0.2, -0.15) is 0 Å². The molecule has 1 amide bonds. The number of thiazole rings is 1. The number of esters is 1. The Morgan fingerprint density at radius 2 is 2.29 bits per heavy atom. The summed E-state index contributed by atoms with van der Waals surface area (Å²) >= 11 is 7.25. The van der Waals surface area contributed by atoms with Crippen molar-refractivity contribution in [2.45, 2.75) is 25.5 Å². The molecule has 0 saturated carbocycles. The second-order valence-electron chi connectivity index (χ2n) is 5.46. The van der Waals surface area contributed by atoms with Crippen LogP contribution in [0.1, 0.15) is 23.8 Å². The van der Waals surface area contributed by atoms with Gasteiger partial charge >= 0.3 is 5.97 Å². The first kappa shape index (κ1) is 17.2. The second-order valence-corrected chi connectivity index (χ2v) is 8.92. The Balaban J connectivity index is 1.65. The minimum Gasteiger partial charge on any atom is -0.448 e. The predicted molar refractivity (Wildman–Crippen MR) is 88.2 cm³/mol. The standard InChI is InChI=1S/C13H14ClN3O5S2/c1-7(11(18)15-8-2-5-24(20,21)6-8)22-12(19)9-10(14)16-13-17(9)3-4-23-13/h3-4,7-8H,2,5-6H2,1H3,(H,15,18)/t7-,8-/m0/s1. The average Bonchev–Trinajstić information content (AvgIpc) is 3.12. The van der Waals surface area contributed by atoms with Gasteiger partial charge in [-0.05, 0) is 13.3 Å². The van der Waals surface area contributed by atoms with E-state index in [1.165, 1.54) is 22.7 Å². The molecule has 0 radical (unpaired) electrons. The largest absolute Gasteiger partial charge is 0.448 e. The van der Waals surface area contributed by atoms with Crippen molar-refractivity contribution >= 4 is 49.6 Å². The molecule has 0 aromatic carbocycles. The molecule has 1 aliphatic rings. The molecule has 24 heavy (non-hydrogen) atoms. The first-order chi connectivity index (χ1) is 11.3. The number of imidazole rings is 1. The highest BCUT2D eigenvalue weighted by molar-refractivity contribution is 7.91. The van der Waals surface area contributed by atoms with Gasteiger partial charge in [0.25, 0.3) is 5.91 Å². The van der Waals surface area contributed by atoms with Crippen LogP contribution in [0, 0.1) is 0 Å². The number of hydrogen-bond acceptors (Lipinski definition) is 7. The molecular weight excluding hydrogens is 378 g/mol. The highest BCUT2D eigenvalue weighted by Gasteiger charge is 2.31. The molecular formula is C13H14ClN3O5S2. The first-order valence-electron chi connectivity index (χ1n) is 7.09. The average molecular weight is 392 g/mol. The minimum absolute atomic E-state index is 0.00124. The lowest BCUT2D eigenvalue weighted by atomic mass is 10.2. The molecule has 0 bridgehead atoms. The van der Waals surface area contributed by atoms with Crippen LogP contribution in [-0.4, -0.2) is 53.3 Å². The number of nitrogens with one attached hydrogen (secondary N) is 1. The normalized spacial score (nSPS) is 20.8. The Morgan fingerprint density at radius 3 is 2.96 bits per heavy atom. The number of carbonyl (C=O) groups is 2. The minimum atomic E-state index is -3.10. The third-order valence-corrected chi connectivity index (χ3v) is 6.43. The van der Waals surface area contributed by atoms with Crippen molar-refractivity contribution < 1.29 is 22.7 Å². The fraction of sp³-hybridized carbons (Fsp3) is 0.462. The zero-order valence-electron chi connectivity index (χ0n) is 12.6. The van der Waals surface area contributed by atoms with Crippen molar-refractivity contribution in [3.05, 3.63) is 22.4 Å². The fourth-order valence-corrected chi connectivity index (χ4v) is 5.12. The lowest BCUT2D eigenvalue weighted by Crippen LogP contribution is -2.42. The highest BCUT2D eigenvalue weighted by atomic mass is 35.5. The molecule has 3 heterocycles. The molecule has 2 aromatic rings. The number of hydrogen-bond donors (Lipinski definition) is 1. The summed E-state index contributed by atoms with van der Waals surface area (Å²) in [5.74, 6) is -1.36. The summed E-state index contributed by atoms with van der Waals surface area (Å²) in [5, 5.41) is 4.33. The molecule has 3 rings (SSSR count). The molecule has 0 unspecified atom stereocenters. The van der Waals surface area contributed by atoms with Crippen molar-refractivity contribution in [3.63, 3.8) is 0 Å². The van der Waals surface area contributed by atoms with Crippen LogP contribution in [0.3, 0.4) is 0 Å². The number of fused-ring (bicyclic) bond motifs is 1. The van der Waals surface area contributed by atoms with E-state index >= 15 is 0 Å². The Hall–Kier alpha value is -1.65. The van der Waals surface area contributed by atoms with Gasteiger partial charge < -0.3 is 10.1 Å². The zero-order chi connectivity index (χ0) is 17.5. The van der Waals surface area contributed by atoms with E-state index < -0.39 is 33.9 Å². The lowest BCUT2D eigenvalue weighted by molar-refractivity contribution is -0.129. The molecule has 130 valence electrons. The van der Waals surface area contributed by atoms with Crippen LogP contribution in [0.25, 0.3) is 4.96 Å². The molecule has 2 aromatic heterocycles. The van der Waals surface area contributed by atoms with Gasteiger partial charge in [-0.15, -0.1) is 11.3 Å². The second kappa shape index (κ2) is 6.34. The molecule has 1 N–H and O–H groups in total. The van der Waals surface area contributed by atoms with Crippen molar-refractivity contribution in [3.8, 4) is 0 Å². The van der Waals surface area contributed by atoms with Crippen molar-refractivity contribution in [2.24, 2.45) is 0 Å². The van der Waals surface area contributed by atoms with Crippen LogP contribution < -0.4 is 5.32 Å². The smallest absolute Gasteiger partial charge is 0.359 e. The van der Waals surface area contributed by atoms with Crippen molar-refractivity contribution in [2.75, 3.05) is 11.5 Å². The predicted octanol–water partition coefficient (Wildman–Crippen LogP) is 0.898. The Bertz CT molecular complexity index is 904. The van der Waals surface area contributed by atoms with Crippen LogP contribution in [0.4, 0.5) is 0 Å². The van der Waals surface area contributed by atoms with Crippen molar-refractivity contribution in [1.29, 1.82) is 0 Å². The number of amides is 1.